The van der Waals surface area contributed by atoms with Crippen LogP contribution < -0.4 is 5.73 Å². The number of rotatable bonds is 9. The van der Waals surface area contributed by atoms with Gasteiger partial charge in [0.05, 0.1) is 11.0 Å². The van der Waals surface area contributed by atoms with Gasteiger partial charge in [0.1, 0.15) is 11.3 Å². The molecule has 2 N–H and O–H groups in total. The minimum Gasteiger partial charge on any atom is -0.382 e. The van der Waals surface area contributed by atoms with Crippen LogP contribution in [0.2, 0.25) is 0 Å². The van der Waals surface area contributed by atoms with Crippen LogP contribution in [-0.2, 0) is 19.5 Å². The number of imidazole rings is 1. The Bertz CT molecular complexity index is 1330. The van der Waals surface area contributed by atoms with E-state index in [1.54, 1.807) is 0 Å². The lowest BCUT2D eigenvalue weighted by molar-refractivity contribution is 0.0821. The number of nitrogens with two attached hydrogens (primary N) is 1. The number of unbranched alkanes of at least 4 members (excludes halogenated alkanes) is 1. The summed E-state index contributed by atoms with van der Waals surface area (Å²) >= 11 is 0. The lowest BCUT2D eigenvalue weighted by Gasteiger charge is -2.40. The fourth-order valence-corrected chi connectivity index (χ4v) is 5.32. The molecule has 5 heteroatoms. The molecule has 0 amide bonds. The molecule has 0 atom stereocenters. The molecular formula is C31H41N5. The normalized spacial score (nSPS) is 14.7. The molecular weight excluding hydrogens is 442 g/mol. The van der Waals surface area contributed by atoms with Gasteiger partial charge in [-0.15, -0.1) is 0 Å². The predicted molar refractivity (Wildman–Crippen MR) is 151 cm³/mol. The van der Waals surface area contributed by atoms with Crippen molar-refractivity contribution >= 4 is 27.8 Å². The maximum Gasteiger partial charge on any atom is 0.152 e. The summed E-state index contributed by atoms with van der Waals surface area (Å²) < 4.78 is 2.37. The molecule has 1 saturated carbocycles. The molecule has 36 heavy (non-hydrogen) atoms. The second kappa shape index (κ2) is 10.2. The summed E-state index contributed by atoms with van der Waals surface area (Å²) in [5.74, 6) is 2.49. The van der Waals surface area contributed by atoms with Crippen molar-refractivity contribution in [3.8, 4) is 0 Å². The Kier molecular flexibility index (Phi) is 7.03. The van der Waals surface area contributed by atoms with Crippen molar-refractivity contribution in [2.75, 3.05) is 12.3 Å². The van der Waals surface area contributed by atoms with E-state index in [4.69, 9.17) is 10.7 Å². The van der Waals surface area contributed by atoms with Gasteiger partial charge in [0.2, 0.25) is 0 Å². The lowest BCUT2D eigenvalue weighted by Crippen LogP contribution is -2.44. The smallest absolute Gasteiger partial charge is 0.152 e. The maximum atomic E-state index is 6.38. The largest absolute Gasteiger partial charge is 0.382 e. The van der Waals surface area contributed by atoms with Gasteiger partial charge in [-0.2, -0.15) is 0 Å². The van der Waals surface area contributed by atoms with Crippen LogP contribution in [0.5, 0.6) is 0 Å². The molecule has 0 radical (unpaired) electrons. The lowest BCUT2D eigenvalue weighted by atomic mass is 9.84. The van der Waals surface area contributed by atoms with Crippen molar-refractivity contribution in [1.29, 1.82) is 0 Å². The van der Waals surface area contributed by atoms with E-state index < -0.39 is 0 Å². The topological polar surface area (TPSA) is 60.0 Å². The molecule has 190 valence electrons. The second-order valence-corrected chi connectivity index (χ2v) is 11.6. The molecule has 0 unspecified atom stereocenters. The first-order valence-electron chi connectivity index (χ1n) is 13.7. The maximum absolute atomic E-state index is 6.38. The third kappa shape index (κ3) is 5.12. The van der Waals surface area contributed by atoms with Crippen LogP contribution in [0.25, 0.3) is 21.9 Å². The van der Waals surface area contributed by atoms with Gasteiger partial charge in [-0.3, -0.25) is 4.90 Å². The Hall–Kier alpha value is -2.92. The van der Waals surface area contributed by atoms with E-state index in [2.05, 4.69) is 78.5 Å². The standard InChI is InChI=1S/C31H41N5/c1-5-6-14-27-34-28-29(25-12-7-8-13-26(25)33-30(28)32)36(27)21-24-17-15-23(16-18-24)20-35(31(2,3)4)19-22-10-9-11-22/h7-8,12-13,15-18,22H,5-6,9-11,14,19-21H2,1-4H3,(H2,32,33). The van der Waals surface area contributed by atoms with Crippen molar-refractivity contribution in [3.63, 3.8) is 0 Å². The Morgan fingerprint density at radius 2 is 1.72 bits per heavy atom. The van der Waals surface area contributed by atoms with Gasteiger partial charge in [0.15, 0.2) is 5.82 Å². The first kappa shape index (κ1) is 24.8. The molecule has 1 aliphatic rings. The molecule has 0 bridgehead atoms. The van der Waals surface area contributed by atoms with Crippen molar-refractivity contribution in [3.05, 3.63) is 65.5 Å². The zero-order valence-corrected chi connectivity index (χ0v) is 22.4. The van der Waals surface area contributed by atoms with Crippen LogP contribution in [0.4, 0.5) is 5.82 Å². The van der Waals surface area contributed by atoms with E-state index >= 15 is 0 Å². The monoisotopic (exact) mass is 483 g/mol. The number of hydrogen-bond acceptors (Lipinski definition) is 4. The summed E-state index contributed by atoms with van der Waals surface area (Å²) in [6, 6.07) is 17.5. The second-order valence-electron chi connectivity index (χ2n) is 11.6. The first-order chi connectivity index (χ1) is 17.3. The summed E-state index contributed by atoms with van der Waals surface area (Å²) in [6.45, 7) is 12.2. The SMILES string of the molecule is CCCCc1nc2c(N)nc3ccccc3c2n1Cc1ccc(CN(CC2CCC2)C(C)(C)C)cc1. The molecule has 2 aromatic carbocycles. The van der Waals surface area contributed by atoms with Gasteiger partial charge in [-0.25, -0.2) is 9.97 Å². The number of benzene rings is 2. The third-order valence-electron chi connectivity index (χ3n) is 7.83. The number of para-hydroxylation sites is 1. The van der Waals surface area contributed by atoms with E-state index in [1.807, 2.05) is 12.1 Å². The van der Waals surface area contributed by atoms with Crippen LogP contribution in [0.15, 0.2) is 48.5 Å². The number of pyridine rings is 1. The van der Waals surface area contributed by atoms with E-state index in [0.717, 1.165) is 66.0 Å². The van der Waals surface area contributed by atoms with Crippen LogP contribution in [0.1, 0.15) is 76.8 Å². The van der Waals surface area contributed by atoms with Crippen molar-refractivity contribution in [1.82, 2.24) is 19.4 Å². The minimum absolute atomic E-state index is 0.174. The summed E-state index contributed by atoms with van der Waals surface area (Å²) in [5.41, 5.74) is 12.1. The number of nitrogens with zero attached hydrogens (tertiary/aromatic N) is 4. The van der Waals surface area contributed by atoms with Crippen LogP contribution in [0.3, 0.4) is 0 Å². The van der Waals surface area contributed by atoms with Gasteiger partial charge < -0.3 is 10.3 Å². The van der Waals surface area contributed by atoms with Gasteiger partial charge in [-0.1, -0.05) is 62.2 Å². The molecule has 2 aromatic heterocycles. The Morgan fingerprint density at radius 3 is 2.39 bits per heavy atom. The Morgan fingerprint density at radius 1 is 1.00 bits per heavy atom. The highest BCUT2D eigenvalue weighted by Gasteiger charge is 2.27. The zero-order valence-electron chi connectivity index (χ0n) is 22.4. The highest BCUT2D eigenvalue weighted by atomic mass is 15.2. The number of aromatic nitrogens is 3. The molecule has 1 fully saturated rings. The van der Waals surface area contributed by atoms with E-state index in [0.29, 0.717) is 5.82 Å². The van der Waals surface area contributed by atoms with Gasteiger partial charge >= 0.3 is 0 Å². The molecule has 1 aliphatic carbocycles. The average molecular weight is 484 g/mol. The fourth-order valence-electron chi connectivity index (χ4n) is 5.32. The van der Waals surface area contributed by atoms with E-state index in [-0.39, 0.29) is 5.54 Å². The van der Waals surface area contributed by atoms with Crippen LogP contribution in [-0.4, -0.2) is 31.5 Å². The van der Waals surface area contributed by atoms with Crippen molar-refractivity contribution in [2.45, 2.75) is 84.8 Å². The van der Waals surface area contributed by atoms with Crippen molar-refractivity contribution in [2.24, 2.45) is 5.92 Å². The summed E-state index contributed by atoms with van der Waals surface area (Å²) in [4.78, 5) is 12.3. The van der Waals surface area contributed by atoms with Gasteiger partial charge in [0.25, 0.3) is 0 Å². The number of aryl methyl sites for hydroxylation is 1. The average Bonchev–Trinajstić information content (AvgIpc) is 3.18. The number of anilines is 1. The quantitative estimate of drug-likeness (QED) is 0.280. The number of nitrogen functional groups attached to an aromatic ring is 1. The Balaban J connectivity index is 1.44. The molecule has 0 aliphatic heterocycles. The molecule has 4 aromatic rings. The molecule has 0 spiro atoms. The van der Waals surface area contributed by atoms with Crippen LogP contribution in [0, 0.1) is 5.92 Å². The minimum atomic E-state index is 0.174. The summed E-state index contributed by atoms with van der Waals surface area (Å²) in [5, 5.41) is 1.12. The van der Waals surface area contributed by atoms with E-state index in [9.17, 15) is 0 Å². The first-order valence-corrected chi connectivity index (χ1v) is 13.7. The predicted octanol–water partition coefficient (Wildman–Crippen LogP) is 6.96. The van der Waals surface area contributed by atoms with Crippen LogP contribution >= 0.6 is 0 Å². The summed E-state index contributed by atoms with van der Waals surface area (Å²) in [7, 11) is 0. The van der Waals surface area contributed by atoms with Crippen molar-refractivity contribution < 1.29 is 0 Å². The van der Waals surface area contributed by atoms with E-state index in [1.165, 1.54) is 36.9 Å². The highest BCUT2D eigenvalue weighted by Crippen LogP contribution is 2.32. The molecule has 5 rings (SSSR count). The number of hydrogen-bond donors (Lipinski definition) is 1. The Labute approximate surface area is 215 Å². The fraction of sp³-hybridized carbons (Fsp3) is 0.484. The molecule has 0 saturated heterocycles. The zero-order chi connectivity index (χ0) is 25.3. The third-order valence-corrected chi connectivity index (χ3v) is 7.83. The summed E-state index contributed by atoms with van der Waals surface area (Å²) in [6.07, 6.45) is 7.36. The highest BCUT2D eigenvalue weighted by molar-refractivity contribution is 6.06. The molecule has 5 nitrogen and oxygen atoms in total. The van der Waals surface area contributed by atoms with Gasteiger partial charge in [-0.05, 0) is 63.1 Å². The number of fused-ring (bicyclic) bond motifs is 3. The van der Waals surface area contributed by atoms with Gasteiger partial charge in [0, 0.05) is 37.0 Å². The molecule has 2 heterocycles.